The SMILES string of the molecule is NC(=O)OCCc1ccc(F)c(Cl)c1. The molecule has 0 atom stereocenters. The molecule has 5 heteroatoms. The Morgan fingerprint density at radius 2 is 2.29 bits per heavy atom. The van der Waals surface area contributed by atoms with Crippen molar-refractivity contribution in [3.05, 3.63) is 34.6 Å². The maximum Gasteiger partial charge on any atom is 0.404 e. The van der Waals surface area contributed by atoms with E-state index in [1.807, 2.05) is 0 Å². The Kier molecular flexibility index (Phi) is 3.71. The minimum atomic E-state index is -0.821. The van der Waals surface area contributed by atoms with Gasteiger partial charge in [0.25, 0.3) is 0 Å². The number of primary amides is 1. The molecule has 1 aromatic carbocycles. The molecule has 0 aromatic heterocycles. The topological polar surface area (TPSA) is 52.3 Å². The molecule has 0 bridgehead atoms. The van der Waals surface area contributed by atoms with Crippen molar-refractivity contribution in [1.29, 1.82) is 0 Å². The fourth-order valence-corrected chi connectivity index (χ4v) is 1.17. The standard InChI is InChI=1S/C9H9ClFNO2/c10-7-5-6(1-2-8(7)11)3-4-14-9(12)13/h1-2,5H,3-4H2,(H2,12,13). The summed E-state index contributed by atoms with van der Waals surface area (Å²) in [6.07, 6.45) is -0.360. The molecule has 3 nitrogen and oxygen atoms in total. The average molecular weight is 218 g/mol. The van der Waals surface area contributed by atoms with Gasteiger partial charge in [0.1, 0.15) is 5.82 Å². The van der Waals surface area contributed by atoms with Crippen LogP contribution in [-0.4, -0.2) is 12.7 Å². The Morgan fingerprint density at radius 3 is 2.86 bits per heavy atom. The van der Waals surface area contributed by atoms with Crippen molar-refractivity contribution in [3.8, 4) is 0 Å². The number of amides is 1. The number of ether oxygens (including phenoxy) is 1. The summed E-state index contributed by atoms with van der Waals surface area (Å²) >= 11 is 5.55. The van der Waals surface area contributed by atoms with E-state index >= 15 is 0 Å². The normalized spacial score (nSPS) is 9.86. The minimum absolute atomic E-state index is 0.0570. The van der Waals surface area contributed by atoms with Gasteiger partial charge >= 0.3 is 6.09 Å². The number of hydrogen-bond acceptors (Lipinski definition) is 2. The zero-order valence-electron chi connectivity index (χ0n) is 7.30. The summed E-state index contributed by atoms with van der Waals surface area (Å²) < 4.78 is 17.2. The summed E-state index contributed by atoms with van der Waals surface area (Å²) in [5, 5.41) is 0.0570. The van der Waals surface area contributed by atoms with Gasteiger partial charge in [-0.05, 0) is 17.7 Å². The van der Waals surface area contributed by atoms with E-state index in [9.17, 15) is 9.18 Å². The summed E-state index contributed by atoms with van der Waals surface area (Å²) in [6.45, 7) is 0.164. The van der Waals surface area contributed by atoms with Crippen molar-refractivity contribution < 1.29 is 13.9 Å². The van der Waals surface area contributed by atoms with Crippen molar-refractivity contribution in [3.63, 3.8) is 0 Å². The van der Waals surface area contributed by atoms with Crippen molar-refractivity contribution in [2.24, 2.45) is 5.73 Å². The van der Waals surface area contributed by atoms with Crippen LogP contribution in [0.1, 0.15) is 5.56 Å². The lowest BCUT2D eigenvalue weighted by atomic mass is 10.1. The zero-order chi connectivity index (χ0) is 10.6. The van der Waals surface area contributed by atoms with Crippen LogP contribution in [0.4, 0.5) is 9.18 Å². The fraction of sp³-hybridized carbons (Fsp3) is 0.222. The lowest BCUT2D eigenvalue weighted by Crippen LogP contribution is -2.14. The van der Waals surface area contributed by atoms with Crippen LogP contribution in [0.3, 0.4) is 0 Å². The number of benzene rings is 1. The molecule has 0 saturated carbocycles. The minimum Gasteiger partial charge on any atom is -0.449 e. The van der Waals surface area contributed by atoms with Gasteiger partial charge in [-0.1, -0.05) is 17.7 Å². The number of carbonyl (C=O) groups excluding carboxylic acids is 1. The Labute approximate surface area is 85.6 Å². The molecule has 0 unspecified atom stereocenters. The van der Waals surface area contributed by atoms with Gasteiger partial charge in [-0.3, -0.25) is 0 Å². The third kappa shape index (κ3) is 3.22. The molecule has 14 heavy (non-hydrogen) atoms. The second-order valence-electron chi connectivity index (χ2n) is 2.67. The second-order valence-corrected chi connectivity index (χ2v) is 3.07. The van der Waals surface area contributed by atoms with E-state index in [0.717, 1.165) is 5.56 Å². The Balaban J connectivity index is 2.51. The molecular weight excluding hydrogens is 209 g/mol. The Morgan fingerprint density at radius 1 is 1.57 bits per heavy atom. The third-order valence-electron chi connectivity index (χ3n) is 1.62. The molecule has 0 heterocycles. The highest BCUT2D eigenvalue weighted by Crippen LogP contribution is 2.16. The van der Waals surface area contributed by atoms with Crippen molar-refractivity contribution in [2.75, 3.05) is 6.61 Å². The van der Waals surface area contributed by atoms with Gasteiger partial charge in [0.05, 0.1) is 11.6 Å². The quantitative estimate of drug-likeness (QED) is 0.843. The van der Waals surface area contributed by atoms with E-state index in [1.54, 1.807) is 6.07 Å². The van der Waals surface area contributed by atoms with Gasteiger partial charge in [-0.25, -0.2) is 9.18 Å². The maximum absolute atomic E-state index is 12.7. The molecule has 1 amide bonds. The van der Waals surface area contributed by atoms with Crippen molar-refractivity contribution in [1.82, 2.24) is 0 Å². The highest BCUT2D eigenvalue weighted by Gasteiger charge is 2.01. The predicted molar refractivity (Wildman–Crippen MR) is 50.6 cm³/mol. The van der Waals surface area contributed by atoms with Crippen LogP contribution < -0.4 is 5.73 Å². The molecule has 0 aliphatic carbocycles. The van der Waals surface area contributed by atoms with Crippen LogP contribution in [0, 0.1) is 5.82 Å². The zero-order valence-corrected chi connectivity index (χ0v) is 8.05. The molecular formula is C9H9ClFNO2. The fourth-order valence-electron chi connectivity index (χ4n) is 0.965. The smallest absolute Gasteiger partial charge is 0.404 e. The first-order valence-corrected chi connectivity index (χ1v) is 4.33. The van der Waals surface area contributed by atoms with Crippen LogP contribution in [0.25, 0.3) is 0 Å². The van der Waals surface area contributed by atoms with E-state index in [2.05, 4.69) is 4.74 Å². The van der Waals surface area contributed by atoms with Crippen LogP contribution in [-0.2, 0) is 11.2 Å². The van der Waals surface area contributed by atoms with Crippen molar-refractivity contribution in [2.45, 2.75) is 6.42 Å². The largest absolute Gasteiger partial charge is 0.449 e. The lowest BCUT2D eigenvalue weighted by molar-refractivity contribution is 0.158. The van der Waals surface area contributed by atoms with Gasteiger partial charge in [0.15, 0.2) is 0 Å². The number of carbonyl (C=O) groups is 1. The molecule has 0 fully saturated rings. The first-order chi connectivity index (χ1) is 6.59. The van der Waals surface area contributed by atoms with E-state index in [4.69, 9.17) is 17.3 Å². The highest BCUT2D eigenvalue weighted by atomic mass is 35.5. The first-order valence-electron chi connectivity index (χ1n) is 3.96. The third-order valence-corrected chi connectivity index (χ3v) is 1.91. The number of rotatable bonds is 3. The maximum atomic E-state index is 12.7. The molecule has 0 aliphatic rings. The molecule has 1 aromatic rings. The molecule has 0 aliphatic heterocycles. The van der Waals surface area contributed by atoms with Crippen LogP contribution in [0.2, 0.25) is 5.02 Å². The first kappa shape index (κ1) is 10.8. The molecule has 76 valence electrons. The monoisotopic (exact) mass is 217 g/mol. The number of nitrogens with two attached hydrogens (primary N) is 1. The molecule has 0 spiro atoms. The lowest BCUT2D eigenvalue weighted by Gasteiger charge is -2.02. The van der Waals surface area contributed by atoms with Gasteiger partial charge in [-0.15, -0.1) is 0 Å². The summed E-state index contributed by atoms with van der Waals surface area (Å²) in [5.74, 6) is -0.466. The molecule has 0 saturated heterocycles. The predicted octanol–water partition coefficient (Wildman–Crippen LogP) is 2.12. The van der Waals surface area contributed by atoms with Gasteiger partial charge in [0.2, 0.25) is 0 Å². The number of hydrogen-bond donors (Lipinski definition) is 1. The summed E-state index contributed by atoms with van der Waals surface area (Å²) in [4.78, 5) is 10.2. The van der Waals surface area contributed by atoms with Gasteiger partial charge in [-0.2, -0.15) is 0 Å². The summed E-state index contributed by atoms with van der Waals surface area (Å²) in [7, 11) is 0. The van der Waals surface area contributed by atoms with E-state index in [1.165, 1.54) is 12.1 Å². The van der Waals surface area contributed by atoms with Crippen LogP contribution in [0.5, 0.6) is 0 Å². The van der Waals surface area contributed by atoms with Gasteiger partial charge < -0.3 is 10.5 Å². The highest BCUT2D eigenvalue weighted by molar-refractivity contribution is 6.30. The summed E-state index contributed by atoms with van der Waals surface area (Å²) in [6, 6.07) is 4.33. The van der Waals surface area contributed by atoms with Crippen molar-refractivity contribution >= 4 is 17.7 Å². The van der Waals surface area contributed by atoms with Crippen LogP contribution in [0.15, 0.2) is 18.2 Å². The molecule has 2 N–H and O–H groups in total. The number of halogens is 2. The average Bonchev–Trinajstić information content (AvgIpc) is 2.10. The Bertz CT molecular complexity index is 344. The van der Waals surface area contributed by atoms with E-state index in [-0.39, 0.29) is 11.6 Å². The van der Waals surface area contributed by atoms with E-state index < -0.39 is 11.9 Å². The van der Waals surface area contributed by atoms with Gasteiger partial charge in [0, 0.05) is 6.42 Å². The summed E-state index contributed by atoms with van der Waals surface area (Å²) in [5.41, 5.74) is 5.55. The van der Waals surface area contributed by atoms with E-state index in [0.29, 0.717) is 6.42 Å². The van der Waals surface area contributed by atoms with Crippen LogP contribution >= 0.6 is 11.6 Å². The molecule has 1 rings (SSSR count). The molecule has 0 radical (unpaired) electrons. The second kappa shape index (κ2) is 4.81. The Hall–Kier alpha value is -1.29.